The fraction of sp³-hybridized carbons (Fsp3) is 0.524. The standard InChI is InChI=1S/C21H32O3S2/c1-5-6-7-8-9-12-17-26(22,23)24-25(3,4)21-16-15-18(2)19-13-10-11-14-20(19)21/h10-11,13-16H,5-9,12,17H2,1-4H3. The molecule has 2 rings (SSSR count). The summed E-state index contributed by atoms with van der Waals surface area (Å²) >= 11 is 0. The molecule has 0 aliphatic rings. The summed E-state index contributed by atoms with van der Waals surface area (Å²) in [5.41, 5.74) is 1.19. The van der Waals surface area contributed by atoms with E-state index in [4.69, 9.17) is 3.63 Å². The van der Waals surface area contributed by atoms with Crippen LogP contribution in [0.25, 0.3) is 10.8 Å². The third-order valence-corrected chi connectivity index (χ3v) is 9.05. The molecule has 3 nitrogen and oxygen atoms in total. The minimum atomic E-state index is -3.52. The molecule has 26 heavy (non-hydrogen) atoms. The van der Waals surface area contributed by atoms with Crippen molar-refractivity contribution in [2.75, 3.05) is 18.3 Å². The normalized spacial score (nSPS) is 13.2. The van der Waals surface area contributed by atoms with Gasteiger partial charge in [-0.25, -0.2) is 3.63 Å². The molecule has 146 valence electrons. The van der Waals surface area contributed by atoms with Gasteiger partial charge in [-0.3, -0.25) is 0 Å². The first-order valence-corrected chi connectivity index (χ1v) is 13.4. The molecule has 0 unspecified atom stereocenters. The number of rotatable bonds is 10. The Morgan fingerprint density at radius 1 is 0.846 bits per heavy atom. The van der Waals surface area contributed by atoms with Crippen molar-refractivity contribution in [3.05, 3.63) is 42.0 Å². The first-order valence-electron chi connectivity index (χ1n) is 9.42. The first kappa shape index (κ1) is 21.3. The summed E-state index contributed by atoms with van der Waals surface area (Å²) in [6, 6.07) is 12.2. The summed E-state index contributed by atoms with van der Waals surface area (Å²) in [5.74, 6) is 0.110. The van der Waals surface area contributed by atoms with Crippen LogP contribution in [0.1, 0.15) is 51.0 Å². The van der Waals surface area contributed by atoms with Crippen molar-refractivity contribution in [3.8, 4) is 0 Å². The molecule has 0 spiro atoms. The van der Waals surface area contributed by atoms with Crippen molar-refractivity contribution in [2.45, 2.75) is 57.3 Å². The highest BCUT2D eigenvalue weighted by atomic mass is 32.3. The number of fused-ring (bicyclic) bond motifs is 1. The van der Waals surface area contributed by atoms with Crippen LogP contribution in [-0.2, 0) is 13.7 Å². The van der Waals surface area contributed by atoms with E-state index >= 15 is 0 Å². The average molecular weight is 397 g/mol. The van der Waals surface area contributed by atoms with Gasteiger partial charge in [0.2, 0.25) is 0 Å². The second-order valence-electron chi connectivity index (χ2n) is 7.26. The predicted molar refractivity (Wildman–Crippen MR) is 115 cm³/mol. The smallest absolute Gasteiger partial charge is 0.216 e. The van der Waals surface area contributed by atoms with Gasteiger partial charge in [-0.1, -0.05) is 79.7 Å². The van der Waals surface area contributed by atoms with Crippen molar-refractivity contribution in [1.82, 2.24) is 0 Å². The Morgan fingerprint density at radius 2 is 1.46 bits per heavy atom. The minimum absolute atomic E-state index is 0.110. The maximum absolute atomic E-state index is 12.5. The maximum Gasteiger partial charge on any atom is 0.276 e. The van der Waals surface area contributed by atoms with E-state index < -0.39 is 20.4 Å². The van der Waals surface area contributed by atoms with Crippen molar-refractivity contribution < 1.29 is 12.0 Å². The Kier molecular flexibility index (Phi) is 7.56. The topological polar surface area (TPSA) is 43.4 Å². The minimum Gasteiger partial charge on any atom is -0.216 e. The first-order chi connectivity index (χ1) is 12.3. The molecule has 0 fully saturated rings. The number of hydrogen-bond acceptors (Lipinski definition) is 3. The molecule has 0 atom stereocenters. The maximum atomic E-state index is 12.5. The van der Waals surface area contributed by atoms with Gasteiger partial charge >= 0.3 is 0 Å². The van der Waals surface area contributed by atoms with E-state index in [1.165, 1.54) is 24.8 Å². The van der Waals surface area contributed by atoms with E-state index in [9.17, 15) is 8.42 Å². The number of benzene rings is 2. The van der Waals surface area contributed by atoms with Gasteiger partial charge in [-0.05, 0) is 48.3 Å². The second-order valence-corrected chi connectivity index (χ2v) is 12.2. The second kappa shape index (κ2) is 9.25. The largest absolute Gasteiger partial charge is 0.276 e. The van der Waals surface area contributed by atoms with Crippen LogP contribution in [0.15, 0.2) is 41.3 Å². The Balaban J connectivity index is 2.09. The van der Waals surface area contributed by atoms with E-state index in [0.29, 0.717) is 6.42 Å². The molecule has 0 aliphatic heterocycles. The van der Waals surface area contributed by atoms with Gasteiger partial charge in [0.05, 0.1) is 5.75 Å². The number of aryl methyl sites for hydroxylation is 1. The van der Waals surface area contributed by atoms with Gasteiger partial charge in [0, 0.05) is 4.90 Å². The van der Waals surface area contributed by atoms with E-state index in [-0.39, 0.29) is 5.75 Å². The highest BCUT2D eigenvalue weighted by Crippen LogP contribution is 2.54. The van der Waals surface area contributed by atoms with Crippen LogP contribution in [0.2, 0.25) is 0 Å². The van der Waals surface area contributed by atoms with E-state index in [0.717, 1.165) is 28.5 Å². The molecule has 0 N–H and O–H groups in total. The zero-order valence-corrected chi connectivity index (χ0v) is 18.1. The Bertz CT molecular complexity index is 826. The monoisotopic (exact) mass is 396 g/mol. The number of unbranched alkanes of at least 4 members (excludes halogenated alkanes) is 5. The molecular formula is C21H32O3S2. The van der Waals surface area contributed by atoms with Crippen molar-refractivity contribution in [2.24, 2.45) is 0 Å². The van der Waals surface area contributed by atoms with Gasteiger partial charge in [-0.2, -0.15) is 8.42 Å². The lowest BCUT2D eigenvalue weighted by Crippen LogP contribution is -2.14. The van der Waals surface area contributed by atoms with Gasteiger partial charge in [0.1, 0.15) is 0 Å². The lowest BCUT2D eigenvalue weighted by atomic mass is 10.1. The van der Waals surface area contributed by atoms with Crippen LogP contribution < -0.4 is 0 Å². The van der Waals surface area contributed by atoms with E-state index in [1.54, 1.807) is 0 Å². The molecule has 0 bridgehead atoms. The molecule has 0 aromatic heterocycles. The van der Waals surface area contributed by atoms with Crippen LogP contribution in [0, 0.1) is 6.92 Å². The lowest BCUT2D eigenvalue weighted by molar-refractivity contribution is 0.506. The fourth-order valence-electron chi connectivity index (χ4n) is 3.24. The summed E-state index contributed by atoms with van der Waals surface area (Å²) in [5, 5.41) is 2.24. The third-order valence-electron chi connectivity index (χ3n) is 4.65. The lowest BCUT2D eigenvalue weighted by Gasteiger charge is -2.31. The Labute approximate surface area is 160 Å². The molecule has 0 heterocycles. The molecule has 0 saturated carbocycles. The SMILES string of the molecule is CCCCCCCCS(=O)(=O)OS(C)(C)c1ccc(C)c2ccccc12. The van der Waals surface area contributed by atoms with Gasteiger partial charge < -0.3 is 0 Å². The summed E-state index contributed by atoms with van der Waals surface area (Å²) in [7, 11) is -5.42. The fourth-order valence-corrected chi connectivity index (χ4v) is 7.54. The summed E-state index contributed by atoms with van der Waals surface area (Å²) in [6.07, 6.45) is 10.2. The molecule has 5 heteroatoms. The van der Waals surface area contributed by atoms with Crippen LogP contribution in [0.4, 0.5) is 0 Å². The zero-order valence-electron chi connectivity index (χ0n) is 16.5. The third kappa shape index (κ3) is 5.73. The Hall–Kier alpha value is -1.04. The summed E-state index contributed by atoms with van der Waals surface area (Å²) in [6.45, 7) is 4.25. The van der Waals surface area contributed by atoms with E-state index in [2.05, 4.69) is 32.0 Å². The van der Waals surface area contributed by atoms with E-state index in [1.807, 2.05) is 30.7 Å². The summed E-state index contributed by atoms with van der Waals surface area (Å²) < 4.78 is 30.8. The van der Waals surface area contributed by atoms with Gasteiger partial charge in [-0.15, -0.1) is 0 Å². The highest BCUT2D eigenvalue weighted by Gasteiger charge is 2.26. The predicted octanol–water partition coefficient (Wildman–Crippen LogP) is 6.19. The van der Waals surface area contributed by atoms with Crippen molar-refractivity contribution >= 4 is 31.2 Å². The van der Waals surface area contributed by atoms with Crippen LogP contribution in [-0.4, -0.2) is 26.7 Å². The molecule has 0 radical (unpaired) electrons. The van der Waals surface area contributed by atoms with Crippen molar-refractivity contribution in [1.29, 1.82) is 0 Å². The van der Waals surface area contributed by atoms with Gasteiger partial charge in [0.15, 0.2) is 0 Å². The van der Waals surface area contributed by atoms with Crippen LogP contribution >= 0.6 is 10.3 Å². The highest BCUT2D eigenvalue weighted by molar-refractivity contribution is 8.32. The molecule has 2 aromatic carbocycles. The van der Waals surface area contributed by atoms with Crippen LogP contribution in [0.5, 0.6) is 0 Å². The van der Waals surface area contributed by atoms with Crippen molar-refractivity contribution in [3.63, 3.8) is 0 Å². The molecule has 0 aliphatic carbocycles. The molecule has 0 amide bonds. The van der Waals surface area contributed by atoms with Gasteiger partial charge in [0.25, 0.3) is 10.1 Å². The zero-order chi connectivity index (χ0) is 19.2. The average Bonchev–Trinajstić information content (AvgIpc) is 2.57. The molecule has 0 saturated heterocycles. The van der Waals surface area contributed by atoms with Crippen LogP contribution in [0.3, 0.4) is 0 Å². The molecule has 2 aromatic rings. The molecular weight excluding hydrogens is 364 g/mol. The summed E-state index contributed by atoms with van der Waals surface area (Å²) in [4.78, 5) is 0.991. The Morgan fingerprint density at radius 3 is 2.15 bits per heavy atom. The quantitative estimate of drug-likeness (QED) is 0.449. The number of hydrogen-bond donors (Lipinski definition) is 0.